The van der Waals surface area contributed by atoms with Crippen LogP contribution in [0.25, 0.3) is 0 Å². The van der Waals surface area contributed by atoms with Crippen LogP contribution in [0.15, 0.2) is 47.8 Å². The molecule has 1 aliphatic heterocycles. The molecule has 1 fully saturated rings. The maximum absolute atomic E-state index is 13.6. The van der Waals surface area contributed by atoms with Crippen LogP contribution in [-0.2, 0) is 13.2 Å². The maximum Gasteiger partial charge on any atom is 0.258 e. The minimum Gasteiger partial charge on any atom is -0.496 e. The van der Waals surface area contributed by atoms with Gasteiger partial charge in [0, 0.05) is 18.5 Å². The second-order valence-electron chi connectivity index (χ2n) is 9.05. The van der Waals surface area contributed by atoms with Crippen LogP contribution >= 0.6 is 11.3 Å². The molecule has 7 heteroatoms. The van der Waals surface area contributed by atoms with E-state index in [1.54, 1.807) is 18.4 Å². The number of hydrogen-bond donors (Lipinski definition) is 0. The molecule has 0 unspecified atom stereocenters. The number of ether oxygens (including phenoxy) is 2. The number of carbonyl (C=O) groups excluding carboxylic acids is 1. The monoisotopic (exact) mass is 493 g/mol. The molecule has 3 aromatic rings. The number of aromatic nitrogens is 1. The molecule has 1 saturated heterocycles. The van der Waals surface area contributed by atoms with Crippen molar-refractivity contribution >= 4 is 17.2 Å². The largest absolute Gasteiger partial charge is 0.496 e. The van der Waals surface area contributed by atoms with Crippen molar-refractivity contribution in [3.8, 4) is 11.5 Å². The number of methoxy groups -OCH3 is 1. The smallest absolute Gasteiger partial charge is 0.258 e. The van der Waals surface area contributed by atoms with Gasteiger partial charge in [-0.1, -0.05) is 30.7 Å². The Labute approximate surface area is 212 Å². The van der Waals surface area contributed by atoms with Crippen molar-refractivity contribution in [1.82, 2.24) is 14.8 Å². The molecule has 6 nitrogen and oxygen atoms in total. The van der Waals surface area contributed by atoms with E-state index in [-0.39, 0.29) is 5.91 Å². The van der Waals surface area contributed by atoms with Gasteiger partial charge in [0.2, 0.25) is 0 Å². The van der Waals surface area contributed by atoms with Gasteiger partial charge in [0.15, 0.2) is 0 Å². The van der Waals surface area contributed by atoms with Crippen LogP contribution in [0.4, 0.5) is 0 Å². The number of hydrogen-bond acceptors (Lipinski definition) is 6. The number of para-hydroxylation sites is 1. The van der Waals surface area contributed by atoms with Crippen molar-refractivity contribution in [2.75, 3.05) is 33.3 Å². The average Bonchev–Trinajstić information content (AvgIpc) is 3.35. The Hall–Kier alpha value is -2.90. The van der Waals surface area contributed by atoms with E-state index in [1.165, 1.54) is 24.8 Å². The van der Waals surface area contributed by atoms with Crippen molar-refractivity contribution in [2.45, 2.75) is 46.3 Å². The van der Waals surface area contributed by atoms with Crippen molar-refractivity contribution in [1.29, 1.82) is 0 Å². The number of rotatable bonds is 10. The van der Waals surface area contributed by atoms with Gasteiger partial charge in [-0.05, 0) is 69.1 Å². The van der Waals surface area contributed by atoms with Crippen LogP contribution in [0.2, 0.25) is 0 Å². The van der Waals surface area contributed by atoms with E-state index in [9.17, 15) is 4.79 Å². The molecule has 1 aromatic heterocycles. The lowest BCUT2D eigenvalue weighted by Gasteiger charge is -2.30. The number of carbonyl (C=O) groups is 1. The molecule has 1 amide bonds. The zero-order valence-corrected chi connectivity index (χ0v) is 21.8. The van der Waals surface area contributed by atoms with Crippen molar-refractivity contribution in [3.05, 3.63) is 75.2 Å². The fraction of sp³-hybridized carbons (Fsp3) is 0.429. The van der Waals surface area contributed by atoms with Gasteiger partial charge >= 0.3 is 0 Å². The molecule has 186 valence electrons. The first-order chi connectivity index (χ1) is 17.0. The lowest BCUT2D eigenvalue weighted by Crippen LogP contribution is -2.40. The van der Waals surface area contributed by atoms with Crippen molar-refractivity contribution in [3.63, 3.8) is 0 Å². The van der Waals surface area contributed by atoms with Gasteiger partial charge in [-0.3, -0.25) is 4.79 Å². The summed E-state index contributed by atoms with van der Waals surface area (Å²) in [7, 11) is 1.60. The summed E-state index contributed by atoms with van der Waals surface area (Å²) < 4.78 is 11.5. The average molecular weight is 494 g/mol. The Bertz CT molecular complexity index is 1120. The van der Waals surface area contributed by atoms with Crippen molar-refractivity contribution < 1.29 is 14.3 Å². The van der Waals surface area contributed by atoms with Gasteiger partial charge in [0.05, 0.1) is 24.9 Å². The fourth-order valence-corrected chi connectivity index (χ4v) is 5.09. The van der Waals surface area contributed by atoms with E-state index < -0.39 is 0 Å². The van der Waals surface area contributed by atoms with Gasteiger partial charge in [0.25, 0.3) is 5.91 Å². The van der Waals surface area contributed by atoms with E-state index >= 15 is 0 Å². The van der Waals surface area contributed by atoms with Gasteiger partial charge in [-0.15, -0.1) is 11.3 Å². The molecular formula is C28H35N3O3S. The van der Waals surface area contributed by atoms with Gasteiger partial charge < -0.3 is 19.3 Å². The summed E-state index contributed by atoms with van der Waals surface area (Å²) in [5.41, 5.74) is 3.83. The molecule has 35 heavy (non-hydrogen) atoms. The Morgan fingerprint density at radius 1 is 1.06 bits per heavy atom. The number of piperidine rings is 1. The summed E-state index contributed by atoms with van der Waals surface area (Å²) in [6.07, 6.45) is 3.76. The predicted octanol–water partition coefficient (Wildman–Crippen LogP) is 5.48. The lowest BCUT2D eigenvalue weighted by molar-refractivity contribution is 0.0710. The van der Waals surface area contributed by atoms with Gasteiger partial charge in [0.1, 0.15) is 23.1 Å². The molecule has 0 radical (unpaired) electrons. The van der Waals surface area contributed by atoms with E-state index in [0.717, 1.165) is 41.6 Å². The molecule has 2 heterocycles. The third kappa shape index (κ3) is 6.61. The number of aryl methyl sites for hydroxylation is 1. The molecule has 0 bridgehead atoms. The molecule has 0 spiro atoms. The molecular weight excluding hydrogens is 458 g/mol. The molecule has 1 aliphatic rings. The quantitative estimate of drug-likeness (QED) is 0.375. The number of amides is 1. The summed E-state index contributed by atoms with van der Waals surface area (Å²) in [5, 5.41) is 2.94. The number of nitrogens with zero attached hydrogens (tertiary/aromatic N) is 3. The minimum atomic E-state index is -0.0272. The highest BCUT2D eigenvalue weighted by molar-refractivity contribution is 7.09. The number of thiazole rings is 1. The van der Waals surface area contributed by atoms with Gasteiger partial charge in [-0.2, -0.15) is 0 Å². The van der Waals surface area contributed by atoms with Crippen LogP contribution in [-0.4, -0.2) is 54.0 Å². The molecule has 4 rings (SSSR count). The highest BCUT2D eigenvalue weighted by Gasteiger charge is 2.22. The van der Waals surface area contributed by atoms with Crippen LogP contribution in [0.1, 0.15) is 51.4 Å². The van der Waals surface area contributed by atoms with Crippen molar-refractivity contribution in [2.24, 2.45) is 0 Å². The second-order valence-corrected chi connectivity index (χ2v) is 9.99. The normalized spacial score (nSPS) is 14.0. The third-order valence-electron chi connectivity index (χ3n) is 6.62. The topological polar surface area (TPSA) is 54.9 Å². The maximum atomic E-state index is 13.6. The Morgan fingerprint density at radius 2 is 1.83 bits per heavy atom. The van der Waals surface area contributed by atoms with E-state index in [0.29, 0.717) is 31.0 Å². The summed E-state index contributed by atoms with van der Waals surface area (Å²) in [5.74, 6) is 1.46. The van der Waals surface area contributed by atoms with Crippen LogP contribution in [0, 0.1) is 13.8 Å². The second kappa shape index (κ2) is 12.2. The van der Waals surface area contributed by atoms with Crippen LogP contribution in [0.3, 0.4) is 0 Å². The van der Waals surface area contributed by atoms with Crippen LogP contribution < -0.4 is 9.47 Å². The third-order valence-corrected chi connectivity index (χ3v) is 7.49. The first-order valence-corrected chi connectivity index (χ1v) is 13.2. The van der Waals surface area contributed by atoms with Gasteiger partial charge in [-0.25, -0.2) is 4.98 Å². The minimum absolute atomic E-state index is 0.0272. The first-order valence-electron chi connectivity index (χ1n) is 12.3. The zero-order valence-electron chi connectivity index (χ0n) is 21.0. The Balaban J connectivity index is 1.45. The highest BCUT2D eigenvalue weighted by Crippen LogP contribution is 2.24. The van der Waals surface area contributed by atoms with E-state index in [4.69, 9.17) is 14.5 Å². The van der Waals surface area contributed by atoms with E-state index in [2.05, 4.69) is 24.8 Å². The summed E-state index contributed by atoms with van der Waals surface area (Å²) in [6.45, 7) is 8.77. The summed E-state index contributed by atoms with van der Waals surface area (Å²) in [4.78, 5) is 22.7. The Kier molecular flexibility index (Phi) is 8.77. The fourth-order valence-electron chi connectivity index (χ4n) is 4.39. The molecule has 0 aliphatic carbocycles. The molecule has 0 saturated carbocycles. The summed E-state index contributed by atoms with van der Waals surface area (Å²) in [6, 6.07) is 13.5. The SMILES string of the molecule is COc1ccccc1C(=O)N(CCN1CCCCC1)Cc1csc(COc2cccc(C)c2C)n1. The Morgan fingerprint density at radius 3 is 2.63 bits per heavy atom. The number of benzene rings is 2. The summed E-state index contributed by atoms with van der Waals surface area (Å²) >= 11 is 1.57. The first kappa shape index (κ1) is 25.2. The number of likely N-dealkylation sites (tertiary alicyclic amines) is 1. The highest BCUT2D eigenvalue weighted by atomic mass is 32.1. The molecule has 0 atom stereocenters. The van der Waals surface area contributed by atoms with E-state index in [1.807, 2.05) is 46.7 Å². The zero-order chi connectivity index (χ0) is 24.6. The molecule has 2 aromatic carbocycles. The lowest BCUT2D eigenvalue weighted by atomic mass is 10.1. The molecule has 0 N–H and O–H groups in total. The predicted molar refractivity (Wildman–Crippen MR) is 140 cm³/mol. The standard InChI is InChI=1S/C28H35N3O3S/c1-21-10-9-13-25(22(21)2)34-19-27-29-23(20-35-27)18-31(17-16-30-14-7-4-8-15-30)28(32)24-11-5-6-12-26(24)33-3/h5-6,9-13,20H,4,7-8,14-19H2,1-3H3. The van der Waals surface area contributed by atoms with Crippen LogP contribution in [0.5, 0.6) is 11.5 Å².